The summed E-state index contributed by atoms with van der Waals surface area (Å²) >= 11 is 0. The van der Waals surface area contributed by atoms with E-state index in [0.29, 0.717) is 6.61 Å². The Bertz CT molecular complexity index is 541. The second kappa shape index (κ2) is 6.81. The van der Waals surface area contributed by atoms with Gasteiger partial charge in [0, 0.05) is 6.54 Å². The van der Waals surface area contributed by atoms with Crippen molar-refractivity contribution in [3.8, 4) is 5.75 Å². The summed E-state index contributed by atoms with van der Waals surface area (Å²) in [5.74, 6) is 1.92. The van der Waals surface area contributed by atoms with E-state index in [2.05, 4.69) is 45.1 Å². The van der Waals surface area contributed by atoms with Gasteiger partial charge in [-0.3, -0.25) is 0 Å². The Hall–Kier alpha value is -1.74. The molecule has 0 aliphatic rings. The topological polar surface area (TPSA) is 34.4 Å². The Morgan fingerprint density at radius 3 is 2.57 bits per heavy atom. The standard InChI is InChI=1S/C18H25NO2/c1-14(16-10-7-12-20-16)19-11-13-21-17-9-6-5-8-15(17)18(2,3)4/h5-10,12,14,19H,11,13H2,1-4H3. The van der Waals surface area contributed by atoms with E-state index < -0.39 is 0 Å². The van der Waals surface area contributed by atoms with E-state index in [1.54, 1.807) is 6.26 Å². The number of benzene rings is 1. The molecule has 0 spiro atoms. The van der Waals surface area contributed by atoms with Crippen LogP contribution in [0, 0.1) is 0 Å². The van der Waals surface area contributed by atoms with Crippen LogP contribution in [0.2, 0.25) is 0 Å². The maximum absolute atomic E-state index is 5.94. The molecule has 0 fully saturated rings. The molecule has 114 valence electrons. The van der Waals surface area contributed by atoms with E-state index in [1.165, 1.54) is 5.56 Å². The Kier molecular flexibility index (Phi) is 5.07. The highest BCUT2D eigenvalue weighted by molar-refractivity contribution is 5.38. The van der Waals surface area contributed by atoms with Crippen molar-refractivity contribution in [2.24, 2.45) is 0 Å². The average molecular weight is 287 g/mol. The van der Waals surface area contributed by atoms with Gasteiger partial charge >= 0.3 is 0 Å². The third-order valence-electron chi connectivity index (χ3n) is 3.48. The van der Waals surface area contributed by atoms with Gasteiger partial charge in [0.15, 0.2) is 0 Å². The third kappa shape index (κ3) is 4.36. The molecule has 0 bridgehead atoms. The van der Waals surface area contributed by atoms with Crippen LogP contribution in [0.25, 0.3) is 0 Å². The summed E-state index contributed by atoms with van der Waals surface area (Å²) in [6, 6.07) is 12.3. The van der Waals surface area contributed by atoms with Gasteiger partial charge in [0.25, 0.3) is 0 Å². The van der Waals surface area contributed by atoms with Crippen LogP contribution in [0.5, 0.6) is 5.75 Å². The molecule has 3 nitrogen and oxygen atoms in total. The molecule has 1 N–H and O–H groups in total. The van der Waals surface area contributed by atoms with E-state index in [9.17, 15) is 0 Å². The molecule has 1 unspecified atom stereocenters. The highest BCUT2D eigenvalue weighted by Gasteiger charge is 2.18. The smallest absolute Gasteiger partial charge is 0.123 e. The number of para-hydroxylation sites is 1. The minimum absolute atomic E-state index is 0.0888. The quantitative estimate of drug-likeness (QED) is 0.804. The van der Waals surface area contributed by atoms with Crippen molar-refractivity contribution in [2.75, 3.05) is 13.2 Å². The van der Waals surface area contributed by atoms with Crippen molar-refractivity contribution >= 4 is 0 Å². The predicted octanol–water partition coefficient (Wildman–Crippen LogP) is 4.31. The van der Waals surface area contributed by atoms with Gasteiger partial charge in [-0.1, -0.05) is 39.0 Å². The molecule has 1 atom stereocenters. The monoisotopic (exact) mass is 287 g/mol. The molecule has 0 amide bonds. The SMILES string of the molecule is CC(NCCOc1ccccc1C(C)(C)C)c1ccco1. The zero-order chi connectivity index (χ0) is 15.3. The molecule has 1 aromatic heterocycles. The molecular weight excluding hydrogens is 262 g/mol. The summed E-state index contributed by atoms with van der Waals surface area (Å²) in [4.78, 5) is 0. The minimum Gasteiger partial charge on any atom is -0.492 e. The summed E-state index contributed by atoms with van der Waals surface area (Å²) in [6.45, 7) is 10.1. The molecule has 2 rings (SSSR count). The normalized spacial score (nSPS) is 13.1. The van der Waals surface area contributed by atoms with Gasteiger partial charge in [-0.2, -0.15) is 0 Å². The molecule has 0 aliphatic heterocycles. The van der Waals surface area contributed by atoms with Crippen LogP contribution in [0.4, 0.5) is 0 Å². The maximum atomic E-state index is 5.94. The summed E-state index contributed by atoms with van der Waals surface area (Å²) in [6.07, 6.45) is 1.70. The molecular formula is C18H25NO2. The van der Waals surface area contributed by atoms with Crippen LogP contribution in [-0.2, 0) is 5.41 Å². The van der Waals surface area contributed by atoms with Crippen molar-refractivity contribution in [1.82, 2.24) is 5.32 Å². The molecule has 3 heteroatoms. The van der Waals surface area contributed by atoms with Gasteiger partial charge < -0.3 is 14.5 Å². The first-order chi connectivity index (χ1) is 9.98. The molecule has 0 saturated heterocycles. The van der Waals surface area contributed by atoms with Crippen molar-refractivity contribution in [1.29, 1.82) is 0 Å². The fourth-order valence-electron chi connectivity index (χ4n) is 2.29. The van der Waals surface area contributed by atoms with E-state index in [0.717, 1.165) is 18.1 Å². The Balaban J connectivity index is 1.84. The van der Waals surface area contributed by atoms with E-state index in [1.807, 2.05) is 24.3 Å². The average Bonchev–Trinajstić information content (AvgIpc) is 2.97. The zero-order valence-corrected chi connectivity index (χ0v) is 13.3. The molecule has 1 aromatic carbocycles. The van der Waals surface area contributed by atoms with Gasteiger partial charge in [-0.25, -0.2) is 0 Å². The molecule has 2 aromatic rings. The van der Waals surface area contributed by atoms with Gasteiger partial charge in [-0.15, -0.1) is 0 Å². The summed E-state index contributed by atoms with van der Waals surface area (Å²) < 4.78 is 11.3. The Morgan fingerprint density at radius 1 is 1.14 bits per heavy atom. The van der Waals surface area contributed by atoms with Gasteiger partial charge in [-0.05, 0) is 36.1 Å². The third-order valence-corrected chi connectivity index (χ3v) is 3.48. The zero-order valence-electron chi connectivity index (χ0n) is 13.3. The van der Waals surface area contributed by atoms with Crippen molar-refractivity contribution in [3.05, 3.63) is 54.0 Å². The van der Waals surface area contributed by atoms with Crippen molar-refractivity contribution < 1.29 is 9.15 Å². The number of nitrogens with one attached hydrogen (secondary N) is 1. The summed E-state index contributed by atoms with van der Waals surface area (Å²) in [5.41, 5.74) is 1.33. The molecule has 0 aliphatic carbocycles. The van der Waals surface area contributed by atoms with E-state index in [4.69, 9.17) is 9.15 Å². The Morgan fingerprint density at radius 2 is 1.90 bits per heavy atom. The second-order valence-corrected chi connectivity index (χ2v) is 6.29. The molecule has 0 saturated carbocycles. The maximum Gasteiger partial charge on any atom is 0.123 e. The fraction of sp³-hybridized carbons (Fsp3) is 0.444. The lowest BCUT2D eigenvalue weighted by Crippen LogP contribution is -2.24. The van der Waals surface area contributed by atoms with E-state index >= 15 is 0 Å². The number of hydrogen-bond acceptors (Lipinski definition) is 3. The first-order valence-electron chi connectivity index (χ1n) is 7.47. The van der Waals surface area contributed by atoms with Crippen molar-refractivity contribution in [2.45, 2.75) is 39.2 Å². The lowest BCUT2D eigenvalue weighted by Gasteiger charge is -2.23. The van der Waals surface area contributed by atoms with E-state index in [-0.39, 0.29) is 11.5 Å². The van der Waals surface area contributed by atoms with Crippen LogP contribution in [0.1, 0.15) is 45.1 Å². The molecule has 0 radical (unpaired) electrons. The highest BCUT2D eigenvalue weighted by atomic mass is 16.5. The number of hydrogen-bond donors (Lipinski definition) is 1. The largest absolute Gasteiger partial charge is 0.492 e. The van der Waals surface area contributed by atoms with Gasteiger partial charge in [0.05, 0.1) is 12.3 Å². The van der Waals surface area contributed by atoms with Crippen LogP contribution >= 0.6 is 0 Å². The Labute approximate surface area is 127 Å². The number of rotatable bonds is 6. The number of ether oxygens (including phenoxy) is 1. The first kappa shape index (κ1) is 15.6. The van der Waals surface area contributed by atoms with Gasteiger partial charge in [0.1, 0.15) is 18.1 Å². The summed E-state index contributed by atoms with van der Waals surface area (Å²) in [5, 5.41) is 3.39. The van der Waals surface area contributed by atoms with Crippen molar-refractivity contribution in [3.63, 3.8) is 0 Å². The predicted molar refractivity (Wildman–Crippen MR) is 85.8 cm³/mol. The van der Waals surface area contributed by atoms with Crippen LogP contribution in [0.15, 0.2) is 47.1 Å². The lowest BCUT2D eigenvalue weighted by molar-refractivity contribution is 0.295. The fourth-order valence-corrected chi connectivity index (χ4v) is 2.29. The molecule has 1 heterocycles. The summed E-state index contributed by atoms with van der Waals surface area (Å²) in [7, 11) is 0. The lowest BCUT2D eigenvalue weighted by atomic mass is 9.86. The number of furan rings is 1. The van der Waals surface area contributed by atoms with Crippen LogP contribution in [0.3, 0.4) is 0 Å². The van der Waals surface area contributed by atoms with Gasteiger partial charge in [0.2, 0.25) is 0 Å². The highest BCUT2D eigenvalue weighted by Crippen LogP contribution is 2.30. The minimum atomic E-state index is 0.0888. The second-order valence-electron chi connectivity index (χ2n) is 6.29. The van der Waals surface area contributed by atoms with Crippen LogP contribution in [-0.4, -0.2) is 13.2 Å². The first-order valence-corrected chi connectivity index (χ1v) is 7.47. The van der Waals surface area contributed by atoms with Crippen LogP contribution < -0.4 is 10.1 Å². The molecule has 21 heavy (non-hydrogen) atoms.